The van der Waals surface area contributed by atoms with Crippen LogP contribution in [-0.2, 0) is 6.54 Å². The summed E-state index contributed by atoms with van der Waals surface area (Å²) in [6.07, 6.45) is 0.964. The molecule has 0 atom stereocenters. The van der Waals surface area contributed by atoms with Crippen molar-refractivity contribution in [3.63, 3.8) is 0 Å². The average molecular weight is 298 g/mol. The molecule has 0 aliphatic carbocycles. The number of nitrogens with one attached hydrogen (secondary N) is 1. The van der Waals surface area contributed by atoms with Gasteiger partial charge in [0.15, 0.2) is 0 Å². The molecule has 0 aliphatic rings. The molecule has 0 saturated heterocycles. The lowest BCUT2D eigenvalue weighted by molar-refractivity contribution is 0.102. The van der Waals surface area contributed by atoms with Gasteiger partial charge in [-0.1, -0.05) is 12.1 Å². The highest BCUT2D eigenvalue weighted by Crippen LogP contribution is 2.16. The standard InChI is InChI=1S/C16H15FN4O/c1-2-9-21-15-8-3-11(10-14(15)19-20-21)16(22)18-13-6-4-12(17)5-7-13/h3-8,10H,2,9H2,1H3,(H,18,22). The van der Waals surface area contributed by atoms with Crippen molar-refractivity contribution in [3.8, 4) is 0 Å². The highest BCUT2D eigenvalue weighted by Gasteiger charge is 2.10. The zero-order chi connectivity index (χ0) is 15.5. The number of aryl methyl sites for hydroxylation is 1. The van der Waals surface area contributed by atoms with Crippen molar-refractivity contribution in [3.05, 3.63) is 53.8 Å². The van der Waals surface area contributed by atoms with Gasteiger partial charge in [0, 0.05) is 17.8 Å². The molecule has 0 radical (unpaired) electrons. The number of anilines is 1. The second-order valence-corrected chi connectivity index (χ2v) is 4.98. The first kappa shape index (κ1) is 14.2. The molecule has 3 rings (SSSR count). The number of carbonyl (C=O) groups excluding carboxylic acids is 1. The molecule has 0 bridgehead atoms. The molecule has 1 heterocycles. The molecule has 0 fully saturated rings. The molecule has 22 heavy (non-hydrogen) atoms. The molecule has 1 amide bonds. The van der Waals surface area contributed by atoms with E-state index in [2.05, 4.69) is 22.6 Å². The number of amides is 1. The lowest BCUT2D eigenvalue weighted by Crippen LogP contribution is -2.11. The van der Waals surface area contributed by atoms with Gasteiger partial charge in [-0.15, -0.1) is 5.10 Å². The number of halogens is 1. The predicted molar refractivity (Wildman–Crippen MR) is 82.2 cm³/mol. The Morgan fingerprint density at radius 2 is 2.00 bits per heavy atom. The summed E-state index contributed by atoms with van der Waals surface area (Å²) >= 11 is 0. The van der Waals surface area contributed by atoms with Crippen LogP contribution in [0.4, 0.5) is 10.1 Å². The third kappa shape index (κ3) is 2.81. The monoisotopic (exact) mass is 298 g/mol. The lowest BCUT2D eigenvalue weighted by Gasteiger charge is -2.05. The van der Waals surface area contributed by atoms with Gasteiger partial charge in [-0.25, -0.2) is 9.07 Å². The Morgan fingerprint density at radius 3 is 2.73 bits per heavy atom. The Balaban J connectivity index is 1.83. The molecule has 1 aromatic heterocycles. The van der Waals surface area contributed by atoms with Gasteiger partial charge in [-0.3, -0.25) is 4.79 Å². The molecule has 1 N–H and O–H groups in total. The van der Waals surface area contributed by atoms with E-state index in [0.717, 1.165) is 18.5 Å². The van der Waals surface area contributed by atoms with Crippen LogP contribution in [0.1, 0.15) is 23.7 Å². The van der Waals surface area contributed by atoms with E-state index < -0.39 is 0 Å². The van der Waals surface area contributed by atoms with E-state index in [1.807, 2.05) is 10.7 Å². The second kappa shape index (κ2) is 5.93. The molecule has 3 aromatic rings. The predicted octanol–water partition coefficient (Wildman–Crippen LogP) is 3.23. The Kier molecular flexibility index (Phi) is 3.82. The number of hydrogen-bond acceptors (Lipinski definition) is 3. The van der Waals surface area contributed by atoms with E-state index in [4.69, 9.17) is 0 Å². The van der Waals surface area contributed by atoms with Crippen molar-refractivity contribution < 1.29 is 9.18 Å². The van der Waals surface area contributed by atoms with Crippen LogP contribution in [0.25, 0.3) is 11.0 Å². The van der Waals surface area contributed by atoms with Gasteiger partial charge in [0.25, 0.3) is 5.91 Å². The smallest absolute Gasteiger partial charge is 0.255 e. The fourth-order valence-corrected chi connectivity index (χ4v) is 2.23. The number of rotatable bonds is 4. The summed E-state index contributed by atoms with van der Waals surface area (Å²) in [5.74, 6) is -0.606. The minimum Gasteiger partial charge on any atom is -0.322 e. The molecule has 0 aliphatic heterocycles. The molecular formula is C16H15FN4O. The summed E-state index contributed by atoms with van der Waals surface area (Å²) in [7, 11) is 0. The van der Waals surface area contributed by atoms with Crippen LogP contribution in [0.5, 0.6) is 0 Å². The maximum atomic E-state index is 12.9. The van der Waals surface area contributed by atoms with Gasteiger partial charge >= 0.3 is 0 Å². The van der Waals surface area contributed by atoms with Crippen LogP contribution in [0.2, 0.25) is 0 Å². The number of aromatic nitrogens is 3. The Labute approximate surface area is 126 Å². The first-order valence-corrected chi connectivity index (χ1v) is 7.07. The zero-order valence-electron chi connectivity index (χ0n) is 12.1. The quantitative estimate of drug-likeness (QED) is 0.804. The van der Waals surface area contributed by atoms with E-state index >= 15 is 0 Å². The summed E-state index contributed by atoms with van der Waals surface area (Å²) in [5, 5.41) is 10.9. The topological polar surface area (TPSA) is 59.8 Å². The van der Waals surface area contributed by atoms with Crippen LogP contribution in [-0.4, -0.2) is 20.9 Å². The van der Waals surface area contributed by atoms with E-state index in [1.165, 1.54) is 24.3 Å². The van der Waals surface area contributed by atoms with Gasteiger partial charge in [0.2, 0.25) is 0 Å². The number of fused-ring (bicyclic) bond motifs is 1. The highest BCUT2D eigenvalue weighted by molar-refractivity contribution is 6.05. The molecule has 5 nitrogen and oxygen atoms in total. The number of nitrogens with zero attached hydrogens (tertiary/aromatic N) is 3. The van der Waals surface area contributed by atoms with Gasteiger partial charge in [-0.05, 0) is 48.9 Å². The van der Waals surface area contributed by atoms with Crippen molar-refractivity contribution in [1.82, 2.24) is 15.0 Å². The maximum absolute atomic E-state index is 12.9. The minimum absolute atomic E-state index is 0.265. The Bertz CT molecular complexity index is 811. The SMILES string of the molecule is CCCn1nnc2cc(C(=O)Nc3ccc(F)cc3)ccc21. The Morgan fingerprint density at radius 1 is 1.23 bits per heavy atom. The molecule has 0 saturated carbocycles. The summed E-state index contributed by atoms with van der Waals surface area (Å²) < 4.78 is 14.7. The van der Waals surface area contributed by atoms with Crippen molar-refractivity contribution >= 4 is 22.6 Å². The van der Waals surface area contributed by atoms with Crippen molar-refractivity contribution in [2.45, 2.75) is 19.9 Å². The normalized spacial score (nSPS) is 10.8. The third-order valence-electron chi connectivity index (χ3n) is 3.31. The number of benzene rings is 2. The summed E-state index contributed by atoms with van der Waals surface area (Å²) in [4.78, 5) is 12.2. The fourth-order valence-electron chi connectivity index (χ4n) is 2.23. The lowest BCUT2D eigenvalue weighted by atomic mass is 10.1. The zero-order valence-corrected chi connectivity index (χ0v) is 12.1. The van der Waals surface area contributed by atoms with Gasteiger partial charge in [0.1, 0.15) is 11.3 Å². The molecule has 0 unspecified atom stereocenters. The van der Waals surface area contributed by atoms with Crippen LogP contribution in [0.3, 0.4) is 0 Å². The summed E-state index contributed by atoms with van der Waals surface area (Å²) in [5.41, 5.74) is 2.61. The fraction of sp³-hybridized carbons (Fsp3) is 0.188. The second-order valence-electron chi connectivity index (χ2n) is 4.98. The van der Waals surface area contributed by atoms with Crippen LogP contribution in [0, 0.1) is 5.82 Å². The number of carbonyl (C=O) groups is 1. The van der Waals surface area contributed by atoms with E-state index in [1.54, 1.807) is 12.1 Å². The largest absolute Gasteiger partial charge is 0.322 e. The third-order valence-corrected chi connectivity index (χ3v) is 3.31. The molecule has 112 valence electrons. The van der Waals surface area contributed by atoms with Crippen LogP contribution >= 0.6 is 0 Å². The Hall–Kier alpha value is -2.76. The van der Waals surface area contributed by atoms with Gasteiger partial charge in [-0.2, -0.15) is 0 Å². The molecular weight excluding hydrogens is 283 g/mol. The van der Waals surface area contributed by atoms with E-state index in [9.17, 15) is 9.18 Å². The molecule has 6 heteroatoms. The summed E-state index contributed by atoms with van der Waals surface area (Å²) in [6, 6.07) is 10.9. The van der Waals surface area contributed by atoms with Gasteiger partial charge < -0.3 is 5.32 Å². The van der Waals surface area contributed by atoms with Crippen molar-refractivity contribution in [2.75, 3.05) is 5.32 Å². The van der Waals surface area contributed by atoms with E-state index in [0.29, 0.717) is 16.8 Å². The molecule has 0 spiro atoms. The van der Waals surface area contributed by atoms with Crippen LogP contribution in [0.15, 0.2) is 42.5 Å². The van der Waals surface area contributed by atoms with Crippen molar-refractivity contribution in [1.29, 1.82) is 0 Å². The minimum atomic E-state index is -0.341. The first-order valence-electron chi connectivity index (χ1n) is 7.07. The van der Waals surface area contributed by atoms with E-state index in [-0.39, 0.29) is 11.7 Å². The van der Waals surface area contributed by atoms with Crippen molar-refractivity contribution in [2.24, 2.45) is 0 Å². The first-order chi connectivity index (χ1) is 10.7. The summed E-state index contributed by atoms with van der Waals surface area (Å²) in [6.45, 7) is 2.86. The average Bonchev–Trinajstić information content (AvgIpc) is 2.92. The maximum Gasteiger partial charge on any atom is 0.255 e. The number of hydrogen-bond donors (Lipinski definition) is 1. The van der Waals surface area contributed by atoms with Gasteiger partial charge in [0.05, 0.1) is 5.52 Å². The highest BCUT2D eigenvalue weighted by atomic mass is 19.1. The van der Waals surface area contributed by atoms with Crippen LogP contribution < -0.4 is 5.32 Å². The molecule has 2 aromatic carbocycles.